The lowest BCUT2D eigenvalue weighted by Crippen LogP contribution is -2.26. The maximum Gasteiger partial charge on any atom is 0.387 e. The van der Waals surface area contributed by atoms with Crippen LogP contribution in [-0.2, 0) is 16.1 Å². The smallest absolute Gasteiger partial charge is 0.387 e. The number of amides is 3. The Morgan fingerprint density at radius 2 is 1.56 bits per heavy atom. The molecule has 0 aromatic heterocycles. The number of ether oxygens (including phenoxy) is 2. The van der Waals surface area contributed by atoms with E-state index in [0.29, 0.717) is 16.9 Å². The number of carbonyl (C=O) groups excluding carboxylic acids is 3. The van der Waals surface area contributed by atoms with Crippen LogP contribution in [0, 0.1) is 0 Å². The van der Waals surface area contributed by atoms with E-state index in [2.05, 4.69) is 15.4 Å². The number of anilines is 2. The van der Waals surface area contributed by atoms with E-state index >= 15 is 0 Å². The van der Waals surface area contributed by atoms with Crippen LogP contribution in [0.15, 0.2) is 36.4 Å². The number of hydrogen-bond donors (Lipinski definition) is 2. The number of halogens is 2. The van der Waals surface area contributed by atoms with Crippen molar-refractivity contribution in [1.29, 1.82) is 0 Å². The summed E-state index contributed by atoms with van der Waals surface area (Å²) in [6.45, 7) is 1.78. The molecule has 2 N–H and O–H groups in total. The van der Waals surface area contributed by atoms with Gasteiger partial charge in [-0.3, -0.25) is 14.4 Å². The first-order valence-corrected chi connectivity index (χ1v) is 9.75. The zero-order chi connectivity index (χ0) is 23.8. The fraction of sp³-hybridized carbons (Fsp3) is 0.318. The summed E-state index contributed by atoms with van der Waals surface area (Å²) in [6, 6.07) is 8.97. The third kappa shape index (κ3) is 7.22. The van der Waals surface area contributed by atoms with E-state index in [4.69, 9.17) is 4.74 Å². The number of benzene rings is 2. The standard InChI is InChI=1S/C22H25F2N3O5/c1-5-31-20-8-15(6-7-19(20)32-22(23)24)12-27(4)21(30)16-9-17(25-13(2)28)11-18(10-16)26-14(3)29/h6-11,22H,5,12H2,1-4H3,(H,25,28)(H,26,29). The summed E-state index contributed by atoms with van der Waals surface area (Å²) < 4.78 is 35.0. The van der Waals surface area contributed by atoms with Gasteiger partial charge in [-0.05, 0) is 42.8 Å². The van der Waals surface area contributed by atoms with Crippen molar-refractivity contribution >= 4 is 29.1 Å². The zero-order valence-corrected chi connectivity index (χ0v) is 18.2. The first-order valence-electron chi connectivity index (χ1n) is 9.75. The summed E-state index contributed by atoms with van der Waals surface area (Å²) in [6.07, 6.45) is 0. The van der Waals surface area contributed by atoms with Crippen molar-refractivity contribution < 1.29 is 32.6 Å². The van der Waals surface area contributed by atoms with E-state index in [9.17, 15) is 23.2 Å². The monoisotopic (exact) mass is 449 g/mol. The molecule has 0 aliphatic heterocycles. The van der Waals surface area contributed by atoms with Gasteiger partial charge in [0, 0.05) is 44.4 Å². The number of hydrogen-bond acceptors (Lipinski definition) is 5. The topological polar surface area (TPSA) is 97.0 Å². The Hall–Kier alpha value is -3.69. The van der Waals surface area contributed by atoms with Gasteiger partial charge in [0.2, 0.25) is 11.8 Å². The van der Waals surface area contributed by atoms with Crippen molar-refractivity contribution in [2.75, 3.05) is 24.3 Å². The zero-order valence-electron chi connectivity index (χ0n) is 18.2. The molecule has 0 radical (unpaired) electrons. The van der Waals surface area contributed by atoms with Crippen LogP contribution in [0.3, 0.4) is 0 Å². The number of alkyl halides is 2. The third-order valence-corrected chi connectivity index (χ3v) is 4.11. The molecule has 0 unspecified atom stereocenters. The van der Waals surface area contributed by atoms with Crippen LogP contribution in [0.1, 0.15) is 36.7 Å². The predicted octanol–water partition coefficient (Wildman–Crippen LogP) is 3.88. The second-order valence-corrected chi connectivity index (χ2v) is 6.92. The number of nitrogens with one attached hydrogen (secondary N) is 2. The van der Waals surface area contributed by atoms with Crippen LogP contribution < -0.4 is 20.1 Å². The summed E-state index contributed by atoms with van der Waals surface area (Å²) in [5.41, 5.74) is 1.58. The molecule has 10 heteroatoms. The highest BCUT2D eigenvalue weighted by molar-refractivity contribution is 5.99. The minimum atomic E-state index is -2.99. The van der Waals surface area contributed by atoms with Crippen LogP contribution >= 0.6 is 0 Å². The highest BCUT2D eigenvalue weighted by atomic mass is 19.3. The largest absolute Gasteiger partial charge is 0.490 e. The van der Waals surface area contributed by atoms with Gasteiger partial charge in [0.05, 0.1) is 6.61 Å². The first-order chi connectivity index (χ1) is 15.1. The second-order valence-electron chi connectivity index (χ2n) is 6.92. The van der Waals surface area contributed by atoms with Crippen LogP contribution in [0.25, 0.3) is 0 Å². The molecule has 32 heavy (non-hydrogen) atoms. The Balaban J connectivity index is 2.27. The van der Waals surface area contributed by atoms with E-state index in [1.807, 2.05) is 0 Å². The number of rotatable bonds is 9. The van der Waals surface area contributed by atoms with E-state index in [1.165, 1.54) is 49.1 Å². The van der Waals surface area contributed by atoms with E-state index < -0.39 is 6.61 Å². The SMILES string of the molecule is CCOc1cc(CN(C)C(=O)c2cc(NC(C)=O)cc(NC(C)=O)c2)ccc1OC(F)F. The molecule has 0 atom stereocenters. The second kappa shape index (κ2) is 11.1. The molecule has 2 aromatic carbocycles. The lowest BCUT2D eigenvalue weighted by Gasteiger charge is -2.20. The molecule has 0 spiro atoms. The number of carbonyl (C=O) groups is 3. The minimum Gasteiger partial charge on any atom is -0.490 e. The molecular formula is C22H25F2N3O5. The molecule has 0 aliphatic rings. The van der Waals surface area contributed by atoms with Gasteiger partial charge in [-0.25, -0.2) is 0 Å². The summed E-state index contributed by atoms with van der Waals surface area (Å²) in [5, 5.41) is 5.19. The molecule has 0 heterocycles. The van der Waals surface area contributed by atoms with Gasteiger partial charge < -0.3 is 25.0 Å². The molecule has 172 valence electrons. The Labute approximate surface area is 184 Å². The van der Waals surface area contributed by atoms with Crippen molar-refractivity contribution in [3.8, 4) is 11.5 Å². The van der Waals surface area contributed by atoms with E-state index in [0.717, 1.165) is 0 Å². The maximum atomic E-state index is 13.0. The Morgan fingerprint density at radius 1 is 0.969 bits per heavy atom. The highest BCUT2D eigenvalue weighted by Crippen LogP contribution is 2.30. The van der Waals surface area contributed by atoms with Gasteiger partial charge >= 0.3 is 6.61 Å². The van der Waals surface area contributed by atoms with Gasteiger partial charge in [-0.15, -0.1) is 0 Å². The Kier molecular flexibility index (Phi) is 8.51. The fourth-order valence-corrected chi connectivity index (χ4v) is 2.98. The Morgan fingerprint density at radius 3 is 2.06 bits per heavy atom. The molecule has 2 aromatic rings. The molecule has 8 nitrogen and oxygen atoms in total. The van der Waals surface area contributed by atoms with Gasteiger partial charge in [0.15, 0.2) is 11.5 Å². The third-order valence-electron chi connectivity index (χ3n) is 4.11. The summed E-state index contributed by atoms with van der Waals surface area (Å²) in [4.78, 5) is 37.2. The van der Waals surface area contributed by atoms with Gasteiger partial charge in [0.25, 0.3) is 5.91 Å². The van der Waals surface area contributed by atoms with Crippen LogP contribution in [0.5, 0.6) is 11.5 Å². The summed E-state index contributed by atoms with van der Waals surface area (Å²) in [7, 11) is 1.56. The van der Waals surface area contributed by atoms with Gasteiger partial charge in [-0.1, -0.05) is 6.07 Å². The highest BCUT2D eigenvalue weighted by Gasteiger charge is 2.17. The first kappa shape index (κ1) is 24.6. The molecule has 0 saturated carbocycles. The van der Waals surface area contributed by atoms with Crippen molar-refractivity contribution in [2.45, 2.75) is 33.9 Å². The summed E-state index contributed by atoms with van der Waals surface area (Å²) >= 11 is 0. The lowest BCUT2D eigenvalue weighted by atomic mass is 10.1. The van der Waals surface area contributed by atoms with Crippen LogP contribution in [0.2, 0.25) is 0 Å². The number of nitrogens with zero attached hydrogens (tertiary/aromatic N) is 1. The quantitative estimate of drug-likeness (QED) is 0.606. The molecule has 3 amide bonds. The molecule has 0 saturated heterocycles. The van der Waals surface area contributed by atoms with Crippen molar-refractivity contribution in [2.24, 2.45) is 0 Å². The van der Waals surface area contributed by atoms with Crippen molar-refractivity contribution in [1.82, 2.24) is 4.90 Å². The van der Waals surface area contributed by atoms with Crippen molar-refractivity contribution in [3.05, 3.63) is 47.5 Å². The van der Waals surface area contributed by atoms with Gasteiger partial charge in [-0.2, -0.15) is 8.78 Å². The average molecular weight is 449 g/mol. The Bertz CT molecular complexity index is 963. The normalized spacial score (nSPS) is 10.5. The van der Waals surface area contributed by atoms with Gasteiger partial charge in [0.1, 0.15) is 0 Å². The molecule has 0 aliphatic carbocycles. The van der Waals surface area contributed by atoms with Crippen LogP contribution in [-0.4, -0.2) is 42.9 Å². The van der Waals surface area contributed by atoms with Crippen LogP contribution in [0.4, 0.5) is 20.2 Å². The molecular weight excluding hydrogens is 424 g/mol. The minimum absolute atomic E-state index is 0.0949. The fourth-order valence-electron chi connectivity index (χ4n) is 2.98. The predicted molar refractivity (Wildman–Crippen MR) is 115 cm³/mol. The average Bonchev–Trinajstić information content (AvgIpc) is 2.68. The molecule has 0 bridgehead atoms. The lowest BCUT2D eigenvalue weighted by molar-refractivity contribution is -0.115. The van der Waals surface area contributed by atoms with Crippen molar-refractivity contribution in [3.63, 3.8) is 0 Å². The molecule has 0 fully saturated rings. The van der Waals surface area contributed by atoms with E-state index in [-0.39, 0.29) is 47.9 Å². The summed E-state index contributed by atoms with van der Waals surface area (Å²) in [5.74, 6) is -0.985. The van der Waals surface area contributed by atoms with E-state index in [1.54, 1.807) is 20.0 Å². The maximum absolute atomic E-state index is 13.0. The molecule has 2 rings (SSSR count).